The van der Waals surface area contributed by atoms with E-state index in [-0.39, 0.29) is 5.91 Å². The molecular weight excluding hydrogens is 344 g/mol. The Morgan fingerprint density at radius 2 is 2.08 bits per heavy atom. The highest BCUT2D eigenvalue weighted by atomic mass is 35.5. The van der Waals surface area contributed by atoms with Crippen molar-refractivity contribution in [3.05, 3.63) is 57.1 Å². The standard InChI is InChI=1S/C17H17ClN4OS/c1-3-15-20-13(10-24-15)9-22(2)17(23)14-8-19-21-16(14)11-4-6-12(18)7-5-11/h4-8,10H,3,9H2,1-2H3,(H,19,21). The molecule has 0 fully saturated rings. The summed E-state index contributed by atoms with van der Waals surface area (Å²) < 4.78 is 0. The summed E-state index contributed by atoms with van der Waals surface area (Å²) in [5.41, 5.74) is 3.00. The Labute approximate surface area is 149 Å². The van der Waals surface area contributed by atoms with E-state index in [2.05, 4.69) is 22.1 Å². The van der Waals surface area contributed by atoms with Crippen molar-refractivity contribution in [1.82, 2.24) is 20.1 Å². The van der Waals surface area contributed by atoms with Crippen LogP contribution in [0.3, 0.4) is 0 Å². The lowest BCUT2D eigenvalue weighted by Gasteiger charge is -2.16. The molecule has 1 N–H and O–H groups in total. The number of carbonyl (C=O) groups is 1. The molecule has 24 heavy (non-hydrogen) atoms. The van der Waals surface area contributed by atoms with Crippen LogP contribution in [0.5, 0.6) is 0 Å². The molecule has 0 spiro atoms. The Bertz CT molecular complexity index is 840. The molecule has 1 amide bonds. The second kappa shape index (κ2) is 7.15. The van der Waals surface area contributed by atoms with Crippen LogP contribution in [0.25, 0.3) is 11.3 Å². The van der Waals surface area contributed by atoms with Crippen LogP contribution >= 0.6 is 22.9 Å². The average molecular weight is 361 g/mol. The predicted octanol–water partition coefficient (Wildman–Crippen LogP) is 4.02. The van der Waals surface area contributed by atoms with Crippen molar-refractivity contribution in [2.24, 2.45) is 0 Å². The van der Waals surface area contributed by atoms with Gasteiger partial charge >= 0.3 is 0 Å². The van der Waals surface area contributed by atoms with Crippen LogP contribution in [0.1, 0.15) is 28.0 Å². The van der Waals surface area contributed by atoms with Gasteiger partial charge in [0.2, 0.25) is 0 Å². The van der Waals surface area contributed by atoms with E-state index in [1.165, 1.54) is 0 Å². The Kier molecular flexibility index (Phi) is 4.97. The Hall–Kier alpha value is -2.18. The van der Waals surface area contributed by atoms with Crippen molar-refractivity contribution in [2.45, 2.75) is 19.9 Å². The molecule has 7 heteroatoms. The van der Waals surface area contributed by atoms with Crippen molar-refractivity contribution < 1.29 is 4.79 Å². The highest BCUT2D eigenvalue weighted by molar-refractivity contribution is 7.09. The number of aromatic amines is 1. The number of thiazole rings is 1. The molecule has 0 saturated heterocycles. The number of halogens is 1. The first-order valence-corrected chi connectivity index (χ1v) is 8.82. The fourth-order valence-corrected chi connectivity index (χ4v) is 3.25. The number of hydrogen-bond acceptors (Lipinski definition) is 4. The Morgan fingerprint density at radius 1 is 1.33 bits per heavy atom. The van der Waals surface area contributed by atoms with Crippen molar-refractivity contribution >= 4 is 28.8 Å². The largest absolute Gasteiger partial charge is 0.336 e. The number of aryl methyl sites for hydroxylation is 1. The van der Waals surface area contributed by atoms with Gasteiger partial charge in [0.15, 0.2) is 0 Å². The minimum atomic E-state index is -0.0975. The molecule has 0 aliphatic carbocycles. The average Bonchev–Trinajstić information content (AvgIpc) is 3.24. The molecule has 0 atom stereocenters. The maximum atomic E-state index is 12.8. The fraction of sp³-hybridized carbons (Fsp3) is 0.235. The minimum Gasteiger partial charge on any atom is -0.336 e. The van der Waals surface area contributed by atoms with E-state index in [9.17, 15) is 4.79 Å². The van der Waals surface area contributed by atoms with Crippen LogP contribution in [0.4, 0.5) is 0 Å². The van der Waals surface area contributed by atoms with Gasteiger partial charge in [0.25, 0.3) is 5.91 Å². The highest BCUT2D eigenvalue weighted by Gasteiger charge is 2.19. The van der Waals surface area contributed by atoms with Gasteiger partial charge in [0, 0.05) is 23.0 Å². The summed E-state index contributed by atoms with van der Waals surface area (Å²) >= 11 is 7.55. The number of amides is 1. The van der Waals surface area contributed by atoms with E-state index in [0.717, 1.165) is 22.7 Å². The van der Waals surface area contributed by atoms with E-state index in [1.54, 1.807) is 41.6 Å². The van der Waals surface area contributed by atoms with Crippen LogP contribution in [0.15, 0.2) is 35.8 Å². The zero-order valence-electron chi connectivity index (χ0n) is 13.4. The zero-order chi connectivity index (χ0) is 17.1. The number of H-pyrrole nitrogens is 1. The van der Waals surface area contributed by atoms with Gasteiger partial charge in [0.05, 0.1) is 34.7 Å². The number of nitrogens with zero attached hydrogens (tertiary/aromatic N) is 3. The lowest BCUT2D eigenvalue weighted by atomic mass is 10.1. The number of hydrogen-bond donors (Lipinski definition) is 1. The van der Waals surface area contributed by atoms with Crippen molar-refractivity contribution in [3.8, 4) is 11.3 Å². The molecular formula is C17H17ClN4OS. The molecule has 0 bridgehead atoms. The molecule has 0 radical (unpaired) electrons. The number of rotatable bonds is 5. The zero-order valence-corrected chi connectivity index (χ0v) is 15.0. The number of carbonyl (C=O) groups excluding carboxylic acids is 1. The third-order valence-corrected chi connectivity index (χ3v) is 4.94. The highest BCUT2D eigenvalue weighted by Crippen LogP contribution is 2.24. The molecule has 124 valence electrons. The van der Waals surface area contributed by atoms with Crippen LogP contribution in [0.2, 0.25) is 5.02 Å². The maximum Gasteiger partial charge on any atom is 0.257 e. The van der Waals surface area contributed by atoms with Gasteiger partial charge < -0.3 is 4.90 Å². The van der Waals surface area contributed by atoms with Gasteiger partial charge in [-0.15, -0.1) is 11.3 Å². The summed E-state index contributed by atoms with van der Waals surface area (Å²) in [6.45, 7) is 2.54. The van der Waals surface area contributed by atoms with Gasteiger partial charge in [-0.1, -0.05) is 30.7 Å². The van der Waals surface area contributed by atoms with E-state index in [1.807, 2.05) is 17.5 Å². The lowest BCUT2D eigenvalue weighted by Crippen LogP contribution is -2.26. The summed E-state index contributed by atoms with van der Waals surface area (Å²) in [6.07, 6.45) is 2.46. The van der Waals surface area contributed by atoms with Gasteiger partial charge in [-0.3, -0.25) is 9.89 Å². The monoisotopic (exact) mass is 360 g/mol. The number of benzene rings is 1. The molecule has 0 saturated carbocycles. The third-order valence-electron chi connectivity index (χ3n) is 3.65. The molecule has 0 aliphatic rings. The first kappa shape index (κ1) is 16.7. The normalized spacial score (nSPS) is 10.8. The molecule has 5 nitrogen and oxygen atoms in total. The topological polar surface area (TPSA) is 61.9 Å². The second-order valence-electron chi connectivity index (χ2n) is 5.41. The number of nitrogens with one attached hydrogen (secondary N) is 1. The van der Waals surface area contributed by atoms with Crippen molar-refractivity contribution in [3.63, 3.8) is 0 Å². The minimum absolute atomic E-state index is 0.0975. The molecule has 2 aromatic heterocycles. The summed E-state index contributed by atoms with van der Waals surface area (Å²) in [5.74, 6) is -0.0975. The van der Waals surface area contributed by atoms with Gasteiger partial charge in [-0.25, -0.2) is 4.98 Å². The van der Waals surface area contributed by atoms with Crippen LogP contribution < -0.4 is 0 Å². The van der Waals surface area contributed by atoms with E-state index >= 15 is 0 Å². The summed E-state index contributed by atoms with van der Waals surface area (Å²) in [4.78, 5) is 18.9. The van der Waals surface area contributed by atoms with Crippen molar-refractivity contribution in [1.29, 1.82) is 0 Å². The summed E-state index contributed by atoms with van der Waals surface area (Å²) in [7, 11) is 1.77. The smallest absolute Gasteiger partial charge is 0.257 e. The van der Waals surface area contributed by atoms with Crippen LogP contribution in [-0.4, -0.2) is 33.0 Å². The Morgan fingerprint density at radius 3 is 2.75 bits per heavy atom. The summed E-state index contributed by atoms with van der Waals surface area (Å²) in [5, 5.41) is 10.7. The molecule has 1 aromatic carbocycles. The summed E-state index contributed by atoms with van der Waals surface area (Å²) in [6, 6.07) is 7.30. The second-order valence-corrected chi connectivity index (χ2v) is 6.79. The third kappa shape index (κ3) is 3.49. The first-order chi connectivity index (χ1) is 11.6. The van der Waals surface area contributed by atoms with E-state index < -0.39 is 0 Å². The van der Waals surface area contributed by atoms with Crippen LogP contribution in [-0.2, 0) is 13.0 Å². The Balaban J connectivity index is 1.80. The number of aromatic nitrogens is 3. The van der Waals surface area contributed by atoms with Gasteiger partial charge in [-0.2, -0.15) is 5.10 Å². The molecule has 0 aliphatic heterocycles. The SMILES string of the molecule is CCc1nc(CN(C)C(=O)c2cn[nH]c2-c2ccc(Cl)cc2)cs1. The quantitative estimate of drug-likeness (QED) is 0.747. The molecule has 0 unspecified atom stereocenters. The molecule has 3 rings (SSSR count). The van der Waals surface area contributed by atoms with Crippen LogP contribution in [0, 0.1) is 0 Å². The van der Waals surface area contributed by atoms with E-state index in [0.29, 0.717) is 22.8 Å². The fourth-order valence-electron chi connectivity index (χ4n) is 2.39. The van der Waals surface area contributed by atoms with E-state index in [4.69, 9.17) is 11.6 Å². The molecule has 3 aromatic rings. The lowest BCUT2D eigenvalue weighted by molar-refractivity contribution is 0.0784. The van der Waals surface area contributed by atoms with Gasteiger partial charge in [0.1, 0.15) is 0 Å². The molecule has 2 heterocycles. The van der Waals surface area contributed by atoms with Gasteiger partial charge in [-0.05, 0) is 18.6 Å². The maximum absolute atomic E-state index is 12.8. The first-order valence-electron chi connectivity index (χ1n) is 7.56. The van der Waals surface area contributed by atoms with Crippen molar-refractivity contribution in [2.75, 3.05) is 7.05 Å². The predicted molar refractivity (Wildman–Crippen MR) is 96.3 cm³/mol.